The van der Waals surface area contributed by atoms with Gasteiger partial charge in [-0.3, -0.25) is 9.78 Å². The van der Waals surface area contributed by atoms with E-state index in [-0.39, 0.29) is 12.5 Å². The van der Waals surface area contributed by atoms with Crippen molar-refractivity contribution >= 4 is 23.2 Å². The van der Waals surface area contributed by atoms with E-state index in [0.29, 0.717) is 11.1 Å². The van der Waals surface area contributed by atoms with Crippen LogP contribution in [0.1, 0.15) is 25.6 Å². The van der Waals surface area contributed by atoms with Crippen molar-refractivity contribution in [2.45, 2.75) is 6.61 Å². The van der Waals surface area contributed by atoms with E-state index in [0.717, 1.165) is 4.88 Å². The minimum atomic E-state index is -0.459. The number of hydrogen-bond acceptors (Lipinski definition) is 5. The van der Waals surface area contributed by atoms with Crippen LogP contribution >= 0.6 is 11.3 Å². The number of amides is 1. The number of carbonyl (C=O) groups is 2. The number of hydrogen-bond donors (Lipinski definition) is 1. The van der Waals surface area contributed by atoms with E-state index < -0.39 is 5.97 Å². The van der Waals surface area contributed by atoms with E-state index >= 15 is 0 Å². The molecule has 6 heteroatoms. The largest absolute Gasteiger partial charge is 0.456 e. The third-order valence-electron chi connectivity index (χ3n) is 2.42. The topological polar surface area (TPSA) is 68.3 Å². The molecule has 1 N–H and O–H groups in total. The summed E-state index contributed by atoms with van der Waals surface area (Å²) in [6.07, 6.45) is 1.65. The minimum absolute atomic E-state index is 0.188. The molecule has 0 spiro atoms. The molecule has 0 bridgehead atoms. The first kappa shape index (κ1) is 13.2. The summed E-state index contributed by atoms with van der Waals surface area (Å²) in [4.78, 5) is 28.1. The van der Waals surface area contributed by atoms with Crippen LogP contribution in [0.25, 0.3) is 0 Å². The maximum absolute atomic E-state index is 11.8. The fourth-order valence-corrected chi connectivity index (χ4v) is 1.97. The molecule has 0 aliphatic heterocycles. The molecule has 0 atom stereocenters. The van der Waals surface area contributed by atoms with Gasteiger partial charge in [-0.2, -0.15) is 0 Å². The Labute approximate surface area is 114 Å². The highest BCUT2D eigenvalue weighted by atomic mass is 32.1. The molecule has 1 heterocycles. The summed E-state index contributed by atoms with van der Waals surface area (Å²) >= 11 is 1.42. The lowest BCUT2D eigenvalue weighted by molar-refractivity contribution is 0.0476. The molecular formula is C13H12N2O3S. The molecule has 0 aliphatic carbocycles. The van der Waals surface area contributed by atoms with Crippen molar-refractivity contribution in [1.29, 1.82) is 0 Å². The number of esters is 1. The molecule has 19 heavy (non-hydrogen) atoms. The van der Waals surface area contributed by atoms with Crippen LogP contribution in [0.3, 0.4) is 0 Å². The number of nitrogens with zero attached hydrogens (tertiary/aromatic N) is 1. The Morgan fingerprint density at radius 1 is 1.37 bits per heavy atom. The van der Waals surface area contributed by atoms with E-state index in [1.165, 1.54) is 24.5 Å². The van der Waals surface area contributed by atoms with Crippen molar-refractivity contribution in [3.8, 4) is 0 Å². The third kappa shape index (κ3) is 3.38. The number of benzene rings is 1. The van der Waals surface area contributed by atoms with Gasteiger partial charge in [0.1, 0.15) is 6.61 Å². The first-order valence-electron chi connectivity index (χ1n) is 5.57. The fraction of sp³-hybridized carbons (Fsp3) is 0.154. The molecule has 5 nitrogen and oxygen atoms in total. The summed E-state index contributed by atoms with van der Waals surface area (Å²) in [6.45, 7) is 0.188. The Morgan fingerprint density at radius 3 is 2.84 bits per heavy atom. The summed E-state index contributed by atoms with van der Waals surface area (Å²) < 4.78 is 5.14. The highest BCUT2D eigenvalue weighted by Gasteiger charge is 2.11. The molecule has 1 aromatic carbocycles. The lowest BCUT2D eigenvalue weighted by atomic mass is 10.1. The van der Waals surface area contributed by atoms with Crippen LogP contribution in [0.2, 0.25) is 0 Å². The fourth-order valence-electron chi connectivity index (χ4n) is 1.47. The predicted molar refractivity (Wildman–Crippen MR) is 71.1 cm³/mol. The van der Waals surface area contributed by atoms with E-state index in [1.54, 1.807) is 29.9 Å². The van der Waals surface area contributed by atoms with Gasteiger partial charge in [0.05, 0.1) is 16.0 Å². The lowest BCUT2D eigenvalue weighted by Gasteiger charge is -2.05. The van der Waals surface area contributed by atoms with Crippen LogP contribution in [0.4, 0.5) is 0 Å². The second kappa shape index (κ2) is 6.10. The average molecular weight is 276 g/mol. The average Bonchev–Trinajstić information content (AvgIpc) is 2.97. The maximum Gasteiger partial charge on any atom is 0.338 e. The lowest BCUT2D eigenvalue weighted by Crippen LogP contribution is -2.18. The van der Waals surface area contributed by atoms with E-state index in [9.17, 15) is 9.59 Å². The van der Waals surface area contributed by atoms with Gasteiger partial charge in [-0.05, 0) is 18.2 Å². The van der Waals surface area contributed by atoms with Crippen molar-refractivity contribution in [1.82, 2.24) is 10.3 Å². The Morgan fingerprint density at radius 2 is 2.16 bits per heavy atom. The van der Waals surface area contributed by atoms with Crippen molar-refractivity contribution < 1.29 is 14.3 Å². The standard InChI is InChI=1S/C13H12N2O3S/c1-14-12(16)9-3-2-4-10(5-9)13(17)18-7-11-6-15-8-19-11/h2-6,8H,7H2,1H3,(H,14,16). The van der Waals surface area contributed by atoms with Gasteiger partial charge in [-0.15, -0.1) is 11.3 Å². The second-order valence-electron chi connectivity index (χ2n) is 3.70. The van der Waals surface area contributed by atoms with Gasteiger partial charge in [0.15, 0.2) is 0 Å². The zero-order valence-corrected chi connectivity index (χ0v) is 11.1. The van der Waals surface area contributed by atoms with Crippen LogP contribution in [0.15, 0.2) is 36.0 Å². The number of carbonyl (C=O) groups excluding carboxylic acids is 2. The van der Waals surface area contributed by atoms with Gasteiger partial charge < -0.3 is 10.1 Å². The molecule has 98 valence electrons. The Hall–Kier alpha value is -2.21. The summed E-state index contributed by atoms with van der Waals surface area (Å²) in [7, 11) is 1.54. The molecule has 1 amide bonds. The van der Waals surface area contributed by atoms with Gasteiger partial charge in [-0.1, -0.05) is 6.07 Å². The van der Waals surface area contributed by atoms with Crippen molar-refractivity contribution in [2.75, 3.05) is 7.05 Å². The number of nitrogens with one attached hydrogen (secondary N) is 1. The van der Waals surface area contributed by atoms with Gasteiger partial charge in [0.25, 0.3) is 5.91 Å². The molecular weight excluding hydrogens is 264 g/mol. The zero-order chi connectivity index (χ0) is 13.7. The summed E-state index contributed by atoms with van der Waals surface area (Å²) in [5.74, 6) is -0.698. The Bertz CT molecular complexity index is 581. The molecule has 1 aromatic heterocycles. The first-order chi connectivity index (χ1) is 9.20. The molecule has 2 aromatic rings. The summed E-state index contributed by atoms with van der Waals surface area (Å²) in [6, 6.07) is 6.40. The summed E-state index contributed by atoms with van der Waals surface area (Å²) in [5.41, 5.74) is 2.45. The smallest absolute Gasteiger partial charge is 0.338 e. The van der Waals surface area contributed by atoms with E-state index in [1.807, 2.05) is 0 Å². The normalized spacial score (nSPS) is 9.95. The molecule has 0 radical (unpaired) electrons. The first-order valence-corrected chi connectivity index (χ1v) is 6.45. The van der Waals surface area contributed by atoms with Gasteiger partial charge in [-0.25, -0.2) is 4.79 Å². The monoisotopic (exact) mass is 276 g/mol. The molecule has 0 saturated heterocycles. The number of thiazole rings is 1. The molecule has 0 aliphatic rings. The summed E-state index contributed by atoms with van der Waals surface area (Å²) in [5, 5.41) is 2.50. The molecule has 0 saturated carbocycles. The Kier molecular flexibility index (Phi) is 4.25. The quantitative estimate of drug-likeness (QED) is 0.865. The number of ether oxygens (including phenoxy) is 1. The molecule has 2 rings (SSSR count). The zero-order valence-electron chi connectivity index (χ0n) is 10.3. The van der Waals surface area contributed by atoms with Crippen LogP contribution in [-0.2, 0) is 11.3 Å². The third-order valence-corrected chi connectivity index (χ3v) is 3.17. The van der Waals surface area contributed by atoms with Crippen LogP contribution in [-0.4, -0.2) is 23.9 Å². The Balaban J connectivity index is 2.04. The highest BCUT2D eigenvalue weighted by molar-refractivity contribution is 7.09. The second-order valence-corrected chi connectivity index (χ2v) is 4.67. The van der Waals surface area contributed by atoms with Crippen molar-refractivity contribution in [2.24, 2.45) is 0 Å². The van der Waals surface area contributed by atoms with Gasteiger partial charge in [0, 0.05) is 18.8 Å². The minimum Gasteiger partial charge on any atom is -0.456 e. The van der Waals surface area contributed by atoms with E-state index in [4.69, 9.17) is 4.74 Å². The van der Waals surface area contributed by atoms with Crippen molar-refractivity contribution in [3.63, 3.8) is 0 Å². The van der Waals surface area contributed by atoms with Gasteiger partial charge >= 0.3 is 5.97 Å². The SMILES string of the molecule is CNC(=O)c1cccc(C(=O)OCc2cncs2)c1. The maximum atomic E-state index is 11.8. The van der Waals surface area contributed by atoms with Crippen LogP contribution < -0.4 is 5.32 Å². The molecule has 0 unspecified atom stereocenters. The predicted octanol–water partition coefficient (Wildman–Crippen LogP) is 1.86. The highest BCUT2D eigenvalue weighted by Crippen LogP contribution is 2.11. The van der Waals surface area contributed by atoms with Crippen LogP contribution in [0.5, 0.6) is 0 Å². The molecule has 0 fully saturated rings. The van der Waals surface area contributed by atoms with Gasteiger partial charge in [0.2, 0.25) is 0 Å². The number of rotatable bonds is 4. The van der Waals surface area contributed by atoms with Crippen molar-refractivity contribution in [3.05, 3.63) is 52.0 Å². The van der Waals surface area contributed by atoms with E-state index in [2.05, 4.69) is 10.3 Å². The van der Waals surface area contributed by atoms with Crippen LogP contribution in [0, 0.1) is 0 Å². The number of aromatic nitrogens is 1.